The Morgan fingerprint density at radius 2 is 0.795 bits per heavy atom. The molecule has 8 atom stereocenters. The van der Waals surface area contributed by atoms with Crippen LogP contribution in [0.2, 0.25) is 0 Å². The molecule has 0 aliphatic carbocycles. The lowest BCUT2D eigenvalue weighted by molar-refractivity contribution is -0.144. The molecule has 440 valence electrons. The summed E-state index contributed by atoms with van der Waals surface area (Å²) >= 11 is 0. The summed E-state index contributed by atoms with van der Waals surface area (Å²) in [6.07, 6.45) is 0.365. The third kappa shape index (κ3) is 15.6. The maximum absolute atomic E-state index is 15.0. The van der Waals surface area contributed by atoms with Gasteiger partial charge in [0.1, 0.15) is 29.9 Å². The fourth-order valence-corrected chi connectivity index (χ4v) is 10.7. The quantitative estimate of drug-likeness (QED) is 0.0362. The van der Waals surface area contributed by atoms with Gasteiger partial charge in [-0.3, -0.25) is 28.8 Å². The first-order valence-electron chi connectivity index (χ1n) is 28.5. The van der Waals surface area contributed by atoms with Gasteiger partial charge in [-0.05, 0) is 92.1 Å². The summed E-state index contributed by atoms with van der Waals surface area (Å²) in [5.41, 5.74) is 3.73. The number of nitrogens with one attached hydrogen (secondary N) is 8. The zero-order valence-corrected chi connectivity index (χ0v) is 49.6. The third-order valence-electron chi connectivity index (χ3n) is 15.7. The number of rotatable bonds is 22. The Kier molecular flexibility index (Phi) is 20.4. The van der Waals surface area contributed by atoms with E-state index in [1.54, 1.807) is 55.9 Å². The van der Waals surface area contributed by atoms with Crippen LogP contribution < -0.4 is 42.5 Å². The minimum absolute atomic E-state index is 0.0820. The Labute approximate surface area is 489 Å². The highest BCUT2D eigenvalue weighted by atomic mass is 16.3. The largest absolute Gasteiger partial charge is 0.508 e. The highest BCUT2D eigenvalue weighted by Gasteiger charge is 2.48. The summed E-state index contributed by atoms with van der Waals surface area (Å²) in [7, 11) is 3.33. The Bertz CT molecular complexity index is 2810. The minimum Gasteiger partial charge on any atom is -0.508 e. The van der Waals surface area contributed by atoms with Gasteiger partial charge in [0.25, 0.3) is 0 Å². The van der Waals surface area contributed by atoms with Crippen molar-refractivity contribution in [2.24, 2.45) is 10.8 Å². The van der Waals surface area contributed by atoms with Crippen molar-refractivity contribution in [1.29, 1.82) is 0 Å². The van der Waals surface area contributed by atoms with Crippen molar-refractivity contribution in [2.75, 3.05) is 27.2 Å². The molecule has 2 saturated heterocycles. The van der Waals surface area contributed by atoms with Crippen LogP contribution in [-0.4, -0.2) is 126 Å². The van der Waals surface area contributed by atoms with Crippen LogP contribution in [0.25, 0.3) is 11.4 Å². The van der Waals surface area contributed by atoms with Crippen LogP contribution in [0, 0.1) is 10.8 Å². The molecule has 17 heteroatoms. The Hall–Kier alpha value is -8.28. The number of hydrogen-bond acceptors (Lipinski definition) is 11. The predicted octanol–water partition coefficient (Wildman–Crippen LogP) is 6.54. The van der Waals surface area contributed by atoms with Crippen molar-refractivity contribution < 1.29 is 33.9 Å². The second-order valence-corrected chi connectivity index (χ2v) is 24.1. The van der Waals surface area contributed by atoms with Crippen LogP contribution in [0.3, 0.4) is 0 Å². The van der Waals surface area contributed by atoms with Crippen LogP contribution in [0.4, 0.5) is 0 Å². The van der Waals surface area contributed by atoms with Crippen molar-refractivity contribution in [1.82, 2.24) is 52.3 Å². The molecule has 0 bridgehead atoms. The number of carbonyl (C=O) groups excluding carboxylic acids is 6. The van der Waals surface area contributed by atoms with E-state index in [4.69, 9.17) is 0 Å². The molecule has 17 nitrogen and oxygen atoms in total. The summed E-state index contributed by atoms with van der Waals surface area (Å²) in [5.74, 6) is -2.39. The number of benzene rings is 5. The molecule has 9 N–H and O–H groups in total. The summed E-state index contributed by atoms with van der Waals surface area (Å²) in [4.78, 5) is 89.5. The normalized spacial score (nSPS) is 18.6. The summed E-state index contributed by atoms with van der Waals surface area (Å²) in [6, 6.07) is 36.2. The number of hydrogen-bond donors (Lipinski definition) is 9. The first kappa shape index (κ1) is 62.3. The molecule has 0 spiro atoms. The van der Waals surface area contributed by atoms with E-state index in [0.717, 1.165) is 22.3 Å². The van der Waals surface area contributed by atoms with Crippen LogP contribution in [0.5, 0.6) is 5.75 Å². The van der Waals surface area contributed by atoms with Gasteiger partial charge in [-0.1, -0.05) is 176 Å². The highest BCUT2D eigenvalue weighted by molar-refractivity contribution is 5.95. The fourth-order valence-electron chi connectivity index (χ4n) is 10.7. The first-order valence-corrected chi connectivity index (χ1v) is 28.5. The molecule has 2 aliphatic rings. The molecular weight excluding hydrogens is 1040 g/mol. The Balaban J connectivity index is 1.14. The van der Waals surface area contributed by atoms with E-state index >= 15 is 0 Å². The average molecular weight is 1130 g/mol. The lowest BCUT2D eigenvalue weighted by Crippen LogP contribution is -2.59. The van der Waals surface area contributed by atoms with Crippen molar-refractivity contribution in [3.05, 3.63) is 186 Å². The lowest BCUT2D eigenvalue weighted by atomic mass is 9.85. The summed E-state index contributed by atoms with van der Waals surface area (Å²) < 4.78 is 0. The second-order valence-electron chi connectivity index (χ2n) is 24.1. The topological polar surface area (TPSA) is 225 Å². The van der Waals surface area contributed by atoms with Crippen molar-refractivity contribution in [2.45, 2.75) is 129 Å². The fraction of sp³-hybridized carbons (Fsp3) is 0.394. The molecule has 5 aromatic rings. The maximum Gasteiger partial charge on any atom is 0.246 e. The molecule has 7 rings (SSSR count). The second kappa shape index (κ2) is 27.2. The number of likely N-dealkylation sites (N-methyl/N-ethyl adjacent to an activating group) is 2. The number of carbonyl (C=O) groups is 6. The molecule has 0 radical (unpaired) electrons. The number of aromatic hydroxyl groups is 1. The average Bonchev–Trinajstić information content (AvgIpc) is 3.90. The predicted molar refractivity (Wildman–Crippen MR) is 326 cm³/mol. The van der Waals surface area contributed by atoms with Gasteiger partial charge in [0.15, 0.2) is 0 Å². The smallest absolute Gasteiger partial charge is 0.246 e. The Morgan fingerprint density at radius 1 is 0.494 bits per heavy atom. The van der Waals surface area contributed by atoms with E-state index in [1.165, 1.54) is 0 Å². The zero-order chi connectivity index (χ0) is 60.3. The number of phenols is 1. The van der Waals surface area contributed by atoms with Crippen LogP contribution in [0.1, 0.15) is 114 Å². The van der Waals surface area contributed by atoms with E-state index in [1.807, 2.05) is 163 Å². The molecule has 83 heavy (non-hydrogen) atoms. The van der Waals surface area contributed by atoms with E-state index < -0.39 is 83.1 Å². The van der Waals surface area contributed by atoms with E-state index in [2.05, 4.69) is 55.7 Å². The van der Waals surface area contributed by atoms with Gasteiger partial charge in [-0.2, -0.15) is 0 Å². The minimum atomic E-state index is -0.989. The number of phenolic OH excluding ortho intramolecular Hbond substituents is 1. The molecule has 0 aromatic heterocycles. The third-order valence-corrected chi connectivity index (χ3v) is 15.7. The monoisotopic (exact) mass is 1130 g/mol. The standard InChI is InChI=1S/C66H84N10O7/c1-40(69-50-36-53(75(38-50)63(82)57(65(5,6)7)73-59(78)42(3)67-11)61(80)71-55(44-25-17-13-18-26-44)45-27-19-14-20-28-45)48-33-49(35-52(77)34-48)41(2)70-51-37-54(76(39-51)64(83)58(66(8,9)10)74-60(79)43(4)68-12)62(81)72-56(46-29-21-15-22-30-46)47-31-23-16-24-32-47/h13-35,42-43,50-51,53-58,67-70,77H,1-2,36-39H2,3-12H3,(H,71,80)(H,72,81)(H,73,78)(H,74,79)/t42-,43-,50-,51-,53-,54-,57+,58+/m0/s1. The van der Waals surface area contributed by atoms with E-state index in [0.29, 0.717) is 22.5 Å². The first-order chi connectivity index (χ1) is 39.4. The summed E-state index contributed by atoms with van der Waals surface area (Å²) in [5, 5.41) is 36.6. The van der Waals surface area contributed by atoms with Gasteiger partial charge < -0.3 is 57.4 Å². The highest BCUT2D eigenvalue weighted by Crippen LogP contribution is 2.33. The van der Waals surface area contributed by atoms with Crippen molar-refractivity contribution in [3.63, 3.8) is 0 Å². The number of nitrogens with zero attached hydrogens (tertiary/aromatic N) is 2. The molecule has 0 saturated carbocycles. The van der Waals surface area contributed by atoms with Gasteiger partial charge in [0.2, 0.25) is 35.4 Å². The van der Waals surface area contributed by atoms with Gasteiger partial charge in [0, 0.05) is 47.7 Å². The lowest BCUT2D eigenvalue weighted by Gasteiger charge is -2.36. The van der Waals surface area contributed by atoms with E-state index in [-0.39, 0.29) is 55.3 Å². The zero-order valence-electron chi connectivity index (χ0n) is 49.6. The SMILES string of the molecule is C=C(N[C@H]1C[C@@H](C(=O)NC(c2ccccc2)c2ccccc2)N(C(=O)[C@@H](NC(=O)[C@H](C)NC)C(C)(C)C)C1)c1cc(O)cc(C(=C)N[C@H]2C[C@@H](C(=O)NC(c3ccccc3)c3ccccc3)N(C(=O)[C@@H](NC(=O)[C@H](C)NC)C(C)(C)C)C2)c1. The number of likely N-dealkylation sites (tertiary alicyclic amines) is 2. The molecule has 5 aromatic carbocycles. The van der Waals surface area contributed by atoms with Gasteiger partial charge >= 0.3 is 0 Å². The molecular formula is C66H84N10O7. The summed E-state index contributed by atoms with van der Waals surface area (Å²) in [6.45, 7) is 23.6. The molecule has 6 amide bonds. The molecule has 2 fully saturated rings. The van der Waals surface area contributed by atoms with Gasteiger partial charge in [-0.15, -0.1) is 0 Å². The van der Waals surface area contributed by atoms with Crippen LogP contribution >= 0.6 is 0 Å². The number of amides is 6. The van der Waals surface area contributed by atoms with Gasteiger partial charge in [-0.25, -0.2) is 0 Å². The van der Waals surface area contributed by atoms with E-state index in [9.17, 15) is 33.9 Å². The van der Waals surface area contributed by atoms with Crippen LogP contribution in [0.15, 0.2) is 153 Å². The van der Waals surface area contributed by atoms with Crippen molar-refractivity contribution >= 4 is 46.8 Å². The van der Waals surface area contributed by atoms with Crippen LogP contribution in [-0.2, 0) is 28.8 Å². The maximum atomic E-state index is 15.0. The molecule has 0 unspecified atom stereocenters. The van der Waals surface area contributed by atoms with Crippen molar-refractivity contribution in [3.8, 4) is 5.75 Å². The van der Waals surface area contributed by atoms with Gasteiger partial charge in [0.05, 0.1) is 24.2 Å². The molecule has 2 aliphatic heterocycles. The Morgan fingerprint density at radius 3 is 1.07 bits per heavy atom. The molecule has 2 heterocycles.